The topological polar surface area (TPSA) is 102 Å². The Kier molecular flexibility index (Phi) is 5.18. The van der Waals surface area contributed by atoms with Gasteiger partial charge in [0.15, 0.2) is 11.6 Å². The number of aliphatic carboxylic acids is 1. The van der Waals surface area contributed by atoms with Crippen molar-refractivity contribution in [1.29, 1.82) is 0 Å². The van der Waals surface area contributed by atoms with E-state index in [-0.39, 0.29) is 12.4 Å². The van der Waals surface area contributed by atoms with Gasteiger partial charge in [-0.1, -0.05) is 23.9 Å². The average Bonchev–Trinajstić information content (AvgIpc) is 2.87. The Morgan fingerprint density at radius 3 is 2.90 bits per heavy atom. The minimum Gasteiger partial charge on any atom is -0.480 e. The van der Waals surface area contributed by atoms with Crippen LogP contribution >= 0.6 is 11.8 Å². The van der Waals surface area contributed by atoms with Crippen molar-refractivity contribution < 1.29 is 23.8 Å². The van der Waals surface area contributed by atoms with Gasteiger partial charge >= 0.3 is 5.97 Å². The summed E-state index contributed by atoms with van der Waals surface area (Å²) < 4.78 is 10.2. The van der Waals surface area contributed by atoms with Crippen LogP contribution in [0.3, 0.4) is 0 Å². The predicted molar refractivity (Wildman–Crippen MR) is 76.2 cm³/mol. The molecule has 0 saturated carbocycles. The molecule has 0 aliphatic carbocycles. The van der Waals surface area contributed by atoms with Crippen LogP contribution in [0.5, 0.6) is 0 Å². The first kappa shape index (κ1) is 15.3. The van der Waals surface area contributed by atoms with Crippen LogP contribution in [0.4, 0.5) is 0 Å². The van der Waals surface area contributed by atoms with E-state index < -0.39 is 17.9 Å². The van der Waals surface area contributed by atoms with Gasteiger partial charge in [0, 0.05) is 7.11 Å². The molecule has 0 saturated heterocycles. The number of amides is 1. The summed E-state index contributed by atoms with van der Waals surface area (Å²) in [6.07, 6.45) is 0. The number of methoxy groups -OCH3 is 1. The molecule has 0 fully saturated rings. The maximum atomic E-state index is 11.7. The highest BCUT2D eigenvalue weighted by Crippen LogP contribution is 2.22. The van der Waals surface area contributed by atoms with Crippen molar-refractivity contribution in [2.75, 3.05) is 19.5 Å². The van der Waals surface area contributed by atoms with E-state index in [0.29, 0.717) is 16.3 Å². The number of carbonyl (C=O) groups is 2. The van der Waals surface area contributed by atoms with Crippen LogP contribution < -0.4 is 5.32 Å². The van der Waals surface area contributed by atoms with Gasteiger partial charge in [-0.25, -0.2) is 9.78 Å². The first-order valence-corrected chi connectivity index (χ1v) is 7.08. The summed E-state index contributed by atoms with van der Waals surface area (Å²) >= 11 is 1.10. The average molecular weight is 310 g/mol. The molecule has 1 aromatic heterocycles. The molecule has 0 aliphatic heterocycles. The second-order valence-electron chi connectivity index (χ2n) is 4.15. The number of aromatic nitrogens is 1. The second kappa shape index (κ2) is 7.09. The maximum Gasteiger partial charge on any atom is 0.328 e. The fourth-order valence-corrected chi connectivity index (χ4v) is 2.27. The Balaban J connectivity index is 1.89. The van der Waals surface area contributed by atoms with E-state index in [1.807, 2.05) is 18.2 Å². The van der Waals surface area contributed by atoms with Gasteiger partial charge in [-0.05, 0) is 12.1 Å². The SMILES string of the molecule is COCC(NC(=O)CSc1nc2ccccc2o1)C(=O)O. The third-order valence-corrected chi connectivity index (χ3v) is 3.40. The number of rotatable bonds is 7. The van der Waals surface area contributed by atoms with E-state index in [2.05, 4.69) is 10.3 Å². The Bertz CT molecular complexity index is 609. The van der Waals surface area contributed by atoms with Crippen LogP contribution in [-0.4, -0.2) is 47.5 Å². The summed E-state index contributed by atoms with van der Waals surface area (Å²) in [6, 6.07) is 6.20. The summed E-state index contributed by atoms with van der Waals surface area (Å²) in [5.74, 6) is -1.55. The minimum absolute atomic E-state index is 0.0142. The molecule has 2 aromatic rings. The molecule has 2 N–H and O–H groups in total. The Labute approximate surface area is 124 Å². The second-order valence-corrected chi connectivity index (χ2v) is 5.08. The number of ether oxygens (including phenoxy) is 1. The van der Waals surface area contributed by atoms with Crippen molar-refractivity contribution in [3.63, 3.8) is 0 Å². The number of nitrogens with zero attached hydrogens (tertiary/aromatic N) is 1. The molecule has 0 aliphatic rings. The van der Waals surface area contributed by atoms with Gasteiger partial charge in [-0.3, -0.25) is 4.79 Å². The van der Waals surface area contributed by atoms with Crippen LogP contribution in [0.1, 0.15) is 0 Å². The van der Waals surface area contributed by atoms with Crippen molar-refractivity contribution in [2.24, 2.45) is 0 Å². The van der Waals surface area contributed by atoms with Gasteiger partial charge in [0.05, 0.1) is 12.4 Å². The van der Waals surface area contributed by atoms with Gasteiger partial charge in [0.2, 0.25) is 5.91 Å². The lowest BCUT2D eigenvalue weighted by molar-refractivity contribution is -0.142. The van der Waals surface area contributed by atoms with Crippen LogP contribution in [0.25, 0.3) is 11.1 Å². The number of carboxylic acids is 1. The molecule has 1 heterocycles. The molecule has 21 heavy (non-hydrogen) atoms. The monoisotopic (exact) mass is 310 g/mol. The molecule has 1 unspecified atom stereocenters. The number of para-hydroxylation sites is 2. The highest BCUT2D eigenvalue weighted by molar-refractivity contribution is 7.99. The zero-order chi connectivity index (χ0) is 15.2. The zero-order valence-corrected chi connectivity index (χ0v) is 12.1. The molecule has 0 bridgehead atoms. The summed E-state index contributed by atoms with van der Waals surface area (Å²) in [5.41, 5.74) is 1.35. The van der Waals surface area contributed by atoms with Crippen molar-refractivity contribution in [1.82, 2.24) is 10.3 Å². The molecule has 1 aromatic carbocycles. The summed E-state index contributed by atoms with van der Waals surface area (Å²) in [7, 11) is 1.37. The fraction of sp³-hybridized carbons (Fsp3) is 0.308. The normalized spacial score (nSPS) is 12.2. The Morgan fingerprint density at radius 2 is 2.24 bits per heavy atom. The van der Waals surface area contributed by atoms with Crippen LogP contribution in [0.15, 0.2) is 33.9 Å². The van der Waals surface area contributed by atoms with Crippen LogP contribution in [0.2, 0.25) is 0 Å². The number of nitrogens with one attached hydrogen (secondary N) is 1. The van der Waals surface area contributed by atoms with E-state index in [1.165, 1.54) is 7.11 Å². The molecule has 7 nitrogen and oxygen atoms in total. The molecule has 112 valence electrons. The molecule has 1 atom stereocenters. The van der Waals surface area contributed by atoms with E-state index in [9.17, 15) is 9.59 Å². The molecule has 0 spiro atoms. The number of oxazole rings is 1. The maximum absolute atomic E-state index is 11.7. The van der Waals surface area contributed by atoms with E-state index >= 15 is 0 Å². The summed E-state index contributed by atoms with van der Waals surface area (Å²) in [4.78, 5) is 26.8. The van der Waals surface area contributed by atoms with Gasteiger partial charge in [0.25, 0.3) is 5.22 Å². The molecule has 0 radical (unpaired) electrons. The molecule has 1 amide bonds. The molecular weight excluding hydrogens is 296 g/mol. The van der Waals surface area contributed by atoms with Crippen molar-refractivity contribution in [2.45, 2.75) is 11.3 Å². The number of carbonyl (C=O) groups excluding carboxylic acids is 1. The lowest BCUT2D eigenvalue weighted by Crippen LogP contribution is -2.44. The van der Waals surface area contributed by atoms with Crippen LogP contribution in [0, 0.1) is 0 Å². The first-order valence-electron chi connectivity index (χ1n) is 6.09. The Morgan fingerprint density at radius 1 is 1.48 bits per heavy atom. The van der Waals surface area contributed by atoms with Gasteiger partial charge in [-0.15, -0.1) is 0 Å². The van der Waals surface area contributed by atoms with E-state index in [1.54, 1.807) is 6.07 Å². The Hall–Kier alpha value is -2.06. The minimum atomic E-state index is -1.14. The van der Waals surface area contributed by atoms with Gasteiger partial charge < -0.3 is 19.6 Å². The number of thioether (sulfide) groups is 1. The van der Waals surface area contributed by atoms with E-state index in [4.69, 9.17) is 14.3 Å². The number of hydrogen-bond donors (Lipinski definition) is 2. The van der Waals surface area contributed by atoms with Gasteiger partial charge in [-0.2, -0.15) is 0 Å². The number of hydrogen-bond acceptors (Lipinski definition) is 6. The number of carboxylic acid groups (broad SMARTS) is 1. The highest BCUT2D eigenvalue weighted by Gasteiger charge is 2.20. The van der Waals surface area contributed by atoms with Gasteiger partial charge in [0.1, 0.15) is 5.52 Å². The molecular formula is C13H14N2O5S. The first-order chi connectivity index (χ1) is 10.1. The zero-order valence-electron chi connectivity index (χ0n) is 11.2. The highest BCUT2D eigenvalue weighted by atomic mass is 32.2. The standard InChI is InChI=1S/C13H14N2O5S/c1-19-6-9(12(17)18)14-11(16)7-21-13-15-8-4-2-3-5-10(8)20-13/h2-5,9H,6-7H2,1H3,(H,14,16)(H,17,18). The lowest BCUT2D eigenvalue weighted by atomic mass is 10.3. The number of benzene rings is 1. The lowest BCUT2D eigenvalue weighted by Gasteiger charge is -2.12. The largest absolute Gasteiger partial charge is 0.480 e. The van der Waals surface area contributed by atoms with Crippen molar-refractivity contribution in [3.05, 3.63) is 24.3 Å². The molecule has 8 heteroatoms. The number of fused-ring (bicyclic) bond motifs is 1. The van der Waals surface area contributed by atoms with Crippen LogP contribution in [-0.2, 0) is 14.3 Å². The third kappa shape index (κ3) is 4.20. The third-order valence-electron chi connectivity index (χ3n) is 2.57. The van der Waals surface area contributed by atoms with E-state index in [0.717, 1.165) is 11.8 Å². The quantitative estimate of drug-likeness (QED) is 0.739. The predicted octanol–water partition coefficient (Wildman–Crippen LogP) is 1.14. The summed E-state index contributed by atoms with van der Waals surface area (Å²) in [5, 5.41) is 11.6. The van der Waals surface area contributed by atoms with Crippen molar-refractivity contribution >= 4 is 34.7 Å². The van der Waals surface area contributed by atoms with Crippen molar-refractivity contribution in [3.8, 4) is 0 Å². The molecule has 2 rings (SSSR count). The fourth-order valence-electron chi connectivity index (χ4n) is 1.62. The smallest absolute Gasteiger partial charge is 0.328 e. The summed E-state index contributed by atoms with van der Waals surface area (Å²) in [6.45, 7) is -0.0887.